The number of rotatable bonds is 6. The number of aliphatic carboxylic acids is 1. The van der Waals surface area contributed by atoms with E-state index >= 15 is 0 Å². The van der Waals surface area contributed by atoms with Crippen LogP contribution >= 0.6 is 0 Å². The molecule has 3 amide bonds. The maximum absolute atomic E-state index is 11.9. The predicted octanol–water partition coefficient (Wildman–Crippen LogP) is -0.933. The van der Waals surface area contributed by atoms with Crippen LogP contribution in [0.1, 0.15) is 19.3 Å². The third-order valence-corrected chi connectivity index (χ3v) is 3.64. The van der Waals surface area contributed by atoms with Gasteiger partial charge in [0.05, 0.1) is 13.0 Å². The Morgan fingerprint density at radius 1 is 1.10 bits per heavy atom. The van der Waals surface area contributed by atoms with Crippen molar-refractivity contribution in [3.63, 3.8) is 0 Å². The molecule has 0 aromatic carbocycles. The molecule has 118 valence electrons. The molecule has 2 fully saturated rings. The minimum Gasteiger partial charge on any atom is -0.481 e. The van der Waals surface area contributed by atoms with Crippen molar-refractivity contribution in [1.82, 2.24) is 20.4 Å². The number of carboxylic acids is 1. The largest absolute Gasteiger partial charge is 0.481 e. The van der Waals surface area contributed by atoms with Crippen LogP contribution in [-0.4, -0.2) is 78.1 Å². The van der Waals surface area contributed by atoms with Gasteiger partial charge in [-0.1, -0.05) is 0 Å². The van der Waals surface area contributed by atoms with E-state index < -0.39 is 5.97 Å². The first-order valence-electron chi connectivity index (χ1n) is 7.31. The van der Waals surface area contributed by atoms with E-state index in [-0.39, 0.29) is 24.9 Å². The van der Waals surface area contributed by atoms with Crippen LogP contribution in [0.15, 0.2) is 0 Å². The maximum Gasteiger partial charge on any atom is 0.317 e. The molecule has 21 heavy (non-hydrogen) atoms. The smallest absolute Gasteiger partial charge is 0.317 e. The van der Waals surface area contributed by atoms with Gasteiger partial charge < -0.3 is 20.6 Å². The Bertz CT molecular complexity index is 403. The Hall–Kier alpha value is -1.83. The number of carbonyl (C=O) groups is 3. The Morgan fingerprint density at radius 2 is 1.76 bits per heavy atom. The van der Waals surface area contributed by atoms with Gasteiger partial charge in [0.15, 0.2) is 0 Å². The number of carboxylic acid groups (broad SMARTS) is 1. The molecule has 8 heteroatoms. The average Bonchev–Trinajstić information content (AvgIpc) is 3.27. The van der Waals surface area contributed by atoms with Gasteiger partial charge in [-0.2, -0.15) is 0 Å². The maximum atomic E-state index is 11.9. The van der Waals surface area contributed by atoms with Crippen molar-refractivity contribution in [1.29, 1.82) is 0 Å². The second kappa shape index (κ2) is 7.26. The summed E-state index contributed by atoms with van der Waals surface area (Å²) in [5, 5.41) is 14.1. The molecule has 0 radical (unpaired) electrons. The first-order chi connectivity index (χ1) is 10.0. The van der Waals surface area contributed by atoms with Crippen molar-refractivity contribution < 1.29 is 19.5 Å². The zero-order chi connectivity index (χ0) is 15.2. The van der Waals surface area contributed by atoms with Crippen molar-refractivity contribution in [2.24, 2.45) is 0 Å². The van der Waals surface area contributed by atoms with Gasteiger partial charge in [-0.15, -0.1) is 0 Å². The molecule has 2 aliphatic rings. The highest BCUT2D eigenvalue weighted by molar-refractivity contribution is 5.84. The molecular weight excluding hydrogens is 276 g/mol. The second-order valence-corrected chi connectivity index (χ2v) is 5.47. The first kappa shape index (κ1) is 15.6. The molecule has 0 aromatic heterocycles. The lowest BCUT2D eigenvalue weighted by Gasteiger charge is -2.34. The summed E-state index contributed by atoms with van der Waals surface area (Å²) in [6.07, 6.45) is 2.17. The van der Waals surface area contributed by atoms with Gasteiger partial charge in [0.2, 0.25) is 5.91 Å². The van der Waals surface area contributed by atoms with Crippen LogP contribution in [0.5, 0.6) is 0 Å². The Morgan fingerprint density at radius 3 is 2.33 bits per heavy atom. The van der Waals surface area contributed by atoms with Crippen molar-refractivity contribution in [2.75, 3.05) is 39.3 Å². The summed E-state index contributed by atoms with van der Waals surface area (Å²) in [5.74, 6) is -0.956. The van der Waals surface area contributed by atoms with E-state index in [2.05, 4.69) is 10.6 Å². The Kier molecular flexibility index (Phi) is 5.38. The highest BCUT2D eigenvalue weighted by Crippen LogP contribution is 2.18. The SMILES string of the molecule is O=C(O)CCN1CCN(C(=O)NCC(=O)NC2CC2)CC1. The average molecular weight is 298 g/mol. The molecule has 0 spiro atoms. The summed E-state index contributed by atoms with van der Waals surface area (Å²) in [7, 11) is 0. The number of piperazine rings is 1. The summed E-state index contributed by atoms with van der Waals surface area (Å²) in [5.41, 5.74) is 0. The minimum atomic E-state index is -0.808. The number of nitrogens with one attached hydrogen (secondary N) is 2. The van der Waals surface area contributed by atoms with Crippen molar-refractivity contribution >= 4 is 17.9 Å². The lowest BCUT2D eigenvalue weighted by atomic mass is 10.3. The van der Waals surface area contributed by atoms with E-state index in [9.17, 15) is 14.4 Å². The molecule has 0 aromatic rings. The fourth-order valence-electron chi connectivity index (χ4n) is 2.20. The monoisotopic (exact) mass is 298 g/mol. The lowest BCUT2D eigenvalue weighted by Crippen LogP contribution is -2.53. The molecule has 0 bridgehead atoms. The van der Waals surface area contributed by atoms with Crippen LogP contribution in [0.2, 0.25) is 0 Å². The van der Waals surface area contributed by atoms with Crippen LogP contribution in [0, 0.1) is 0 Å². The predicted molar refractivity (Wildman–Crippen MR) is 74.8 cm³/mol. The number of hydrogen-bond donors (Lipinski definition) is 3. The summed E-state index contributed by atoms with van der Waals surface area (Å²) < 4.78 is 0. The van der Waals surface area contributed by atoms with E-state index in [1.54, 1.807) is 4.90 Å². The second-order valence-electron chi connectivity index (χ2n) is 5.47. The third kappa shape index (κ3) is 5.58. The fraction of sp³-hybridized carbons (Fsp3) is 0.769. The van der Waals surface area contributed by atoms with Gasteiger partial charge in [-0.25, -0.2) is 4.79 Å². The molecule has 3 N–H and O–H groups in total. The number of carbonyl (C=O) groups excluding carboxylic acids is 2. The standard InChI is InChI=1S/C13H22N4O4/c18-11(15-10-1-2-10)9-14-13(21)17-7-5-16(6-8-17)4-3-12(19)20/h10H,1-9H2,(H,14,21)(H,15,18)(H,19,20). The van der Waals surface area contributed by atoms with Crippen LogP contribution in [0.25, 0.3) is 0 Å². The topological polar surface area (TPSA) is 102 Å². The number of hydrogen-bond acceptors (Lipinski definition) is 4. The summed E-state index contributed by atoms with van der Waals surface area (Å²) in [4.78, 5) is 37.6. The van der Waals surface area contributed by atoms with Crippen LogP contribution in [0.4, 0.5) is 4.79 Å². The van der Waals surface area contributed by atoms with Gasteiger partial charge in [-0.3, -0.25) is 14.5 Å². The van der Waals surface area contributed by atoms with Gasteiger partial charge >= 0.3 is 12.0 Å². The molecule has 8 nitrogen and oxygen atoms in total. The summed E-state index contributed by atoms with van der Waals surface area (Å²) in [6, 6.07) is 0.0611. The van der Waals surface area contributed by atoms with Crippen molar-refractivity contribution in [3.8, 4) is 0 Å². The van der Waals surface area contributed by atoms with E-state index in [1.165, 1.54) is 0 Å². The van der Waals surface area contributed by atoms with Crippen molar-refractivity contribution in [2.45, 2.75) is 25.3 Å². The molecule has 1 aliphatic carbocycles. The van der Waals surface area contributed by atoms with E-state index in [1.807, 2.05) is 4.90 Å². The Balaban J connectivity index is 1.60. The van der Waals surface area contributed by atoms with Gasteiger partial charge in [0.25, 0.3) is 0 Å². The quantitative estimate of drug-likeness (QED) is 0.588. The fourth-order valence-corrected chi connectivity index (χ4v) is 2.20. The van der Waals surface area contributed by atoms with Crippen molar-refractivity contribution in [3.05, 3.63) is 0 Å². The number of amides is 3. The molecule has 1 heterocycles. The molecule has 0 unspecified atom stereocenters. The minimum absolute atomic E-state index is 0.00849. The molecule has 2 rings (SSSR count). The van der Waals surface area contributed by atoms with E-state index in [0.717, 1.165) is 12.8 Å². The zero-order valence-corrected chi connectivity index (χ0v) is 12.0. The van der Waals surface area contributed by atoms with Gasteiger partial charge in [0, 0.05) is 38.8 Å². The first-order valence-corrected chi connectivity index (χ1v) is 7.31. The van der Waals surface area contributed by atoms with Gasteiger partial charge in [0.1, 0.15) is 0 Å². The molecule has 1 saturated carbocycles. The number of urea groups is 1. The summed E-state index contributed by atoms with van der Waals surface area (Å²) in [6.45, 7) is 2.94. The highest BCUT2D eigenvalue weighted by Gasteiger charge is 2.24. The lowest BCUT2D eigenvalue weighted by molar-refractivity contribution is -0.137. The van der Waals surface area contributed by atoms with Crippen LogP contribution in [0.3, 0.4) is 0 Å². The third-order valence-electron chi connectivity index (χ3n) is 3.64. The highest BCUT2D eigenvalue weighted by atomic mass is 16.4. The van der Waals surface area contributed by atoms with E-state index in [4.69, 9.17) is 5.11 Å². The normalized spacial score (nSPS) is 19.1. The Labute approximate surface area is 123 Å². The van der Waals surface area contributed by atoms with Crippen LogP contribution in [-0.2, 0) is 9.59 Å². The van der Waals surface area contributed by atoms with Gasteiger partial charge in [-0.05, 0) is 12.8 Å². The molecule has 1 aliphatic heterocycles. The molecule has 0 atom stereocenters. The summed E-state index contributed by atoms with van der Waals surface area (Å²) >= 11 is 0. The number of nitrogens with zero attached hydrogens (tertiary/aromatic N) is 2. The zero-order valence-electron chi connectivity index (χ0n) is 12.0. The molecular formula is C13H22N4O4. The van der Waals surface area contributed by atoms with Crippen LogP contribution < -0.4 is 10.6 Å². The van der Waals surface area contributed by atoms with E-state index in [0.29, 0.717) is 38.8 Å². The molecule has 1 saturated heterocycles.